The Kier molecular flexibility index (Phi) is 6.50. The minimum absolute atomic E-state index is 0.00401. The second-order valence-electron chi connectivity index (χ2n) is 6.80. The van der Waals surface area contributed by atoms with Crippen molar-refractivity contribution in [3.8, 4) is 6.07 Å². The predicted octanol–water partition coefficient (Wildman–Crippen LogP) is 3.29. The summed E-state index contributed by atoms with van der Waals surface area (Å²) in [6.45, 7) is 2.67. The van der Waals surface area contributed by atoms with E-state index in [-0.39, 0.29) is 22.8 Å². The zero-order valence-corrected chi connectivity index (χ0v) is 17.3. The van der Waals surface area contributed by atoms with E-state index in [0.29, 0.717) is 31.5 Å². The number of benzene rings is 1. The van der Waals surface area contributed by atoms with Gasteiger partial charge in [0, 0.05) is 23.9 Å². The Labute approximate surface area is 169 Å². The molecule has 1 aromatic carbocycles. The van der Waals surface area contributed by atoms with Crippen LogP contribution in [-0.2, 0) is 14.8 Å². The Balaban J connectivity index is 1.60. The molecule has 0 saturated carbocycles. The van der Waals surface area contributed by atoms with Gasteiger partial charge in [0.05, 0.1) is 22.6 Å². The molecule has 148 valence electrons. The number of rotatable bonds is 6. The summed E-state index contributed by atoms with van der Waals surface area (Å²) in [4.78, 5) is 14.0. The topological polar surface area (TPSA) is 90.3 Å². The number of nitrogens with one attached hydrogen (secondary N) is 1. The highest BCUT2D eigenvalue weighted by Gasteiger charge is 2.32. The standard InChI is InChI=1S/C20H23N3O3S2/c1-2-18(19-4-3-13-27-19)22-20(24)16-9-11-23(12-10-16)28(25,26)17-7-5-15(14-21)6-8-17/h3-8,13,16,18H,2,9-12H2,1H3,(H,22,24). The lowest BCUT2D eigenvalue weighted by atomic mass is 9.96. The van der Waals surface area contributed by atoms with Gasteiger partial charge in [-0.3, -0.25) is 4.79 Å². The first-order chi connectivity index (χ1) is 13.5. The number of hydrogen-bond acceptors (Lipinski definition) is 5. The van der Waals surface area contributed by atoms with Crippen molar-refractivity contribution in [2.45, 2.75) is 37.1 Å². The summed E-state index contributed by atoms with van der Waals surface area (Å²) in [5.41, 5.74) is 0.422. The van der Waals surface area contributed by atoms with Crippen LogP contribution in [0, 0.1) is 17.2 Å². The number of nitrogens with zero attached hydrogens (tertiary/aromatic N) is 2. The fourth-order valence-electron chi connectivity index (χ4n) is 3.36. The lowest BCUT2D eigenvalue weighted by molar-refractivity contribution is -0.126. The number of nitriles is 1. The third-order valence-corrected chi connectivity index (χ3v) is 7.96. The molecule has 1 unspecified atom stereocenters. The Hall–Kier alpha value is -2.21. The fourth-order valence-corrected chi connectivity index (χ4v) is 5.69. The predicted molar refractivity (Wildman–Crippen MR) is 108 cm³/mol. The molecule has 1 aromatic heterocycles. The first kappa shape index (κ1) is 20.5. The number of piperidine rings is 1. The van der Waals surface area contributed by atoms with Crippen molar-refractivity contribution in [1.82, 2.24) is 9.62 Å². The van der Waals surface area contributed by atoms with Crippen LogP contribution in [0.1, 0.15) is 42.7 Å². The Morgan fingerprint density at radius 3 is 2.50 bits per heavy atom. The average molecular weight is 418 g/mol. The van der Waals surface area contributed by atoms with Crippen LogP contribution >= 0.6 is 11.3 Å². The van der Waals surface area contributed by atoms with Gasteiger partial charge < -0.3 is 5.32 Å². The largest absolute Gasteiger partial charge is 0.348 e. The quantitative estimate of drug-likeness (QED) is 0.781. The summed E-state index contributed by atoms with van der Waals surface area (Å²) < 4.78 is 27.0. The van der Waals surface area contributed by atoms with Crippen LogP contribution < -0.4 is 5.32 Å². The van der Waals surface area contributed by atoms with Crippen molar-refractivity contribution >= 4 is 27.3 Å². The van der Waals surface area contributed by atoms with Crippen LogP contribution in [0.15, 0.2) is 46.7 Å². The van der Waals surface area contributed by atoms with Gasteiger partial charge in [-0.05, 0) is 55.0 Å². The minimum Gasteiger partial charge on any atom is -0.348 e. The van der Waals surface area contributed by atoms with E-state index in [1.165, 1.54) is 28.6 Å². The van der Waals surface area contributed by atoms with E-state index >= 15 is 0 Å². The van der Waals surface area contributed by atoms with E-state index < -0.39 is 10.0 Å². The van der Waals surface area contributed by atoms with E-state index in [2.05, 4.69) is 5.32 Å². The number of amides is 1. The number of sulfonamides is 1. The molecule has 0 radical (unpaired) electrons. The molecule has 28 heavy (non-hydrogen) atoms. The van der Waals surface area contributed by atoms with Gasteiger partial charge >= 0.3 is 0 Å². The Bertz CT molecular complexity index is 940. The van der Waals surface area contributed by atoms with Crippen LogP contribution in [0.3, 0.4) is 0 Å². The molecule has 2 aromatic rings. The first-order valence-corrected chi connectivity index (χ1v) is 11.6. The van der Waals surface area contributed by atoms with Crippen molar-refractivity contribution in [2.24, 2.45) is 5.92 Å². The van der Waals surface area contributed by atoms with Crippen molar-refractivity contribution in [3.63, 3.8) is 0 Å². The molecule has 6 nitrogen and oxygen atoms in total. The highest BCUT2D eigenvalue weighted by Crippen LogP contribution is 2.26. The van der Waals surface area contributed by atoms with Gasteiger partial charge in [0.15, 0.2) is 0 Å². The monoisotopic (exact) mass is 417 g/mol. The Morgan fingerprint density at radius 2 is 1.96 bits per heavy atom. The summed E-state index contributed by atoms with van der Waals surface area (Å²) >= 11 is 1.63. The third-order valence-electron chi connectivity index (χ3n) is 5.06. The number of thiophene rings is 1. The SMILES string of the molecule is CCC(NC(=O)C1CCN(S(=O)(=O)c2ccc(C#N)cc2)CC1)c1cccs1. The molecule has 1 saturated heterocycles. The fraction of sp³-hybridized carbons (Fsp3) is 0.400. The molecular weight excluding hydrogens is 394 g/mol. The molecule has 1 aliphatic rings. The summed E-state index contributed by atoms with van der Waals surface area (Å²) in [5.74, 6) is -0.183. The molecule has 0 bridgehead atoms. The van der Waals surface area contributed by atoms with E-state index in [1.54, 1.807) is 11.3 Å². The van der Waals surface area contributed by atoms with Crippen LogP contribution in [0.5, 0.6) is 0 Å². The van der Waals surface area contributed by atoms with Gasteiger partial charge in [0.1, 0.15) is 0 Å². The summed E-state index contributed by atoms with van der Waals surface area (Å²) in [5, 5.41) is 14.0. The summed E-state index contributed by atoms with van der Waals surface area (Å²) in [6.07, 6.45) is 1.82. The number of carbonyl (C=O) groups excluding carboxylic acids is 1. The molecule has 1 N–H and O–H groups in total. The van der Waals surface area contributed by atoms with Crippen molar-refractivity contribution in [1.29, 1.82) is 5.26 Å². The van der Waals surface area contributed by atoms with E-state index in [0.717, 1.165) is 11.3 Å². The molecule has 0 spiro atoms. The van der Waals surface area contributed by atoms with Gasteiger partial charge in [-0.25, -0.2) is 8.42 Å². The lowest BCUT2D eigenvalue weighted by Gasteiger charge is -2.31. The molecular formula is C20H23N3O3S2. The maximum absolute atomic E-state index is 12.8. The van der Waals surface area contributed by atoms with Crippen LogP contribution in [0.25, 0.3) is 0 Å². The summed E-state index contributed by atoms with van der Waals surface area (Å²) in [7, 11) is -3.61. The minimum atomic E-state index is -3.61. The molecule has 1 amide bonds. The second-order valence-corrected chi connectivity index (χ2v) is 9.72. The van der Waals surface area contributed by atoms with Gasteiger partial charge in [0.2, 0.25) is 15.9 Å². The van der Waals surface area contributed by atoms with Crippen LogP contribution in [0.2, 0.25) is 0 Å². The molecule has 0 aliphatic carbocycles. The van der Waals surface area contributed by atoms with Gasteiger partial charge in [-0.15, -0.1) is 11.3 Å². The van der Waals surface area contributed by atoms with Gasteiger partial charge in [-0.2, -0.15) is 9.57 Å². The maximum atomic E-state index is 12.8. The third kappa shape index (κ3) is 4.43. The normalized spacial score (nSPS) is 17.0. The lowest BCUT2D eigenvalue weighted by Crippen LogP contribution is -2.43. The second kappa shape index (κ2) is 8.86. The van der Waals surface area contributed by atoms with E-state index in [4.69, 9.17) is 5.26 Å². The van der Waals surface area contributed by atoms with E-state index in [9.17, 15) is 13.2 Å². The summed E-state index contributed by atoms with van der Waals surface area (Å²) in [6, 6.07) is 11.9. The Morgan fingerprint density at radius 1 is 1.29 bits per heavy atom. The molecule has 2 heterocycles. The van der Waals surface area contributed by atoms with Crippen LogP contribution in [-0.4, -0.2) is 31.7 Å². The van der Waals surface area contributed by atoms with Crippen molar-refractivity contribution in [2.75, 3.05) is 13.1 Å². The molecule has 1 aliphatic heterocycles. The molecule has 1 atom stereocenters. The zero-order valence-electron chi connectivity index (χ0n) is 15.7. The highest BCUT2D eigenvalue weighted by atomic mass is 32.2. The maximum Gasteiger partial charge on any atom is 0.243 e. The average Bonchev–Trinajstić information content (AvgIpc) is 3.26. The number of carbonyl (C=O) groups is 1. The molecule has 3 rings (SSSR count). The van der Waals surface area contributed by atoms with Gasteiger partial charge in [-0.1, -0.05) is 13.0 Å². The van der Waals surface area contributed by atoms with Crippen molar-refractivity contribution in [3.05, 3.63) is 52.2 Å². The number of hydrogen-bond donors (Lipinski definition) is 1. The van der Waals surface area contributed by atoms with Crippen molar-refractivity contribution < 1.29 is 13.2 Å². The van der Waals surface area contributed by atoms with E-state index in [1.807, 2.05) is 30.5 Å². The zero-order chi connectivity index (χ0) is 20.1. The highest BCUT2D eigenvalue weighted by molar-refractivity contribution is 7.89. The van der Waals surface area contributed by atoms with Gasteiger partial charge in [0.25, 0.3) is 0 Å². The first-order valence-electron chi connectivity index (χ1n) is 9.29. The van der Waals surface area contributed by atoms with Crippen LogP contribution in [0.4, 0.5) is 0 Å². The molecule has 8 heteroatoms. The molecule has 1 fully saturated rings. The smallest absolute Gasteiger partial charge is 0.243 e.